The number of aromatic amines is 1. The number of nitrogens with one attached hydrogen (secondary N) is 1. The van der Waals surface area contributed by atoms with Crippen molar-refractivity contribution in [3.05, 3.63) is 27.1 Å². The van der Waals surface area contributed by atoms with E-state index in [0.717, 1.165) is 33.4 Å². The summed E-state index contributed by atoms with van der Waals surface area (Å²) < 4.78 is 6.83. The second kappa shape index (κ2) is 4.51. The van der Waals surface area contributed by atoms with E-state index >= 15 is 0 Å². The molecule has 0 aliphatic rings. The molecule has 0 spiro atoms. The Balaban J connectivity index is 2.93. The fourth-order valence-corrected chi connectivity index (χ4v) is 2.55. The summed E-state index contributed by atoms with van der Waals surface area (Å²) in [5, 5.41) is 0.895. The van der Waals surface area contributed by atoms with Crippen LogP contribution in [0.4, 0.5) is 0 Å². The zero-order valence-corrected chi connectivity index (χ0v) is 11.4. The number of halogens is 1. The predicted octanol–water partition coefficient (Wildman–Crippen LogP) is 3.63. The van der Waals surface area contributed by atoms with Gasteiger partial charge in [0.15, 0.2) is 0 Å². The van der Waals surface area contributed by atoms with E-state index < -0.39 is 0 Å². The van der Waals surface area contributed by atoms with E-state index in [0.29, 0.717) is 4.64 Å². The molecule has 2 aromatic rings. The molecule has 0 fully saturated rings. The number of nitrogens with zero attached hydrogens (tertiary/aromatic N) is 1. The predicted molar refractivity (Wildman–Crippen MR) is 70.6 cm³/mol. The van der Waals surface area contributed by atoms with E-state index in [2.05, 4.69) is 25.9 Å². The molecule has 1 aromatic carbocycles. The average molecular weight is 299 g/mol. The summed E-state index contributed by atoms with van der Waals surface area (Å²) in [5.41, 5.74) is 0.897. The fraction of sp³-hybridized carbons (Fsp3) is 0.273. The molecular formula is C11H11BrN2OS. The van der Waals surface area contributed by atoms with Crippen molar-refractivity contribution in [2.45, 2.75) is 13.3 Å². The molecule has 1 N–H and O–H groups in total. The topological polar surface area (TPSA) is 37.9 Å². The van der Waals surface area contributed by atoms with Gasteiger partial charge in [0.25, 0.3) is 0 Å². The van der Waals surface area contributed by atoms with Crippen LogP contribution in [0.25, 0.3) is 10.9 Å². The second-order valence-corrected chi connectivity index (χ2v) is 4.58. The molecule has 0 radical (unpaired) electrons. The number of rotatable bonds is 2. The number of methoxy groups -OCH3 is 1. The van der Waals surface area contributed by atoms with E-state index in [9.17, 15) is 0 Å². The first-order valence-electron chi connectivity index (χ1n) is 4.92. The van der Waals surface area contributed by atoms with Gasteiger partial charge in [-0.3, -0.25) is 0 Å². The summed E-state index contributed by atoms with van der Waals surface area (Å²) in [6.45, 7) is 2.03. The number of hydrogen-bond acceptors (Lipinski definition) is 3. The van der Waals surface area contributed by atoms with Crippen LogP contribution in [0.5, 0.6) is 5.75 Å². The third kappa shape index (κ3) is 1.85. The lowest BCUT2D eigenvalue weighted by molar-refractivity contribution is 0.418. The maximum atomic E-state index is 5.31. The highest BCUT2D eigenvalue weighted by atomic mass is 79.9. The highest BCUT2D eigenvalue weighted by Gasteiger charge is 2.08. The smallest absolute Gasteiger partial charge is 0.143 e. The molecule has 0 atom stereocenters. The highest BCUT2D eigenvalue weighted by molar-refractivity contribution is 9.10. The van der Waals surface area contributed by atoms with Gasteiger partial charge in [-0.15, -0.1) is 0 Å². The number of fused-ring (bicyclic) bond motifs is 1. The van der Waals surface area contributed by atoms with Crippen molar-refractivity contribution in [3.8, 4) is 5.75 Å². The van der Waals surface area contributed by atoms with E-state index in [1.54, 1.807) is 7.11 Å². The van der Waals surface area contributed by atoms with Crippen LogP contribution in [-0.4, -0.2) is 17.1 Å². The molecule has 16 heavy (non-hydrogen) atoms. The van der Waals surface area contributed by atoms with Gasteiger partial charge in [0.2, 0.25) is 0 Å². The van der Waals surface area contributed by atoms with Crippen LogP contribution in [0.15, 0.2) is 16.6 Å². The SMILES string of the molecule is CCc1nc(=S)c2c(Br)ccc(OC)c2[nH]1. The molecule has 0 unspecified atom stereocenters. The van der Waals surface area contributed by atoms with Crippen LogP contribution < -0.4 is 4.74 Å². The van der Waals surface area contributed by atoms with Gasteiger partial charge >= 0.3 is 0 Å². The lowest BCUT2D eigenvalue weighted by Gasteiger charge is -2.08. The van der Waals surface area contributed by atoms with Crippen LogP contribution >= 0.6 is 28.1 Å². The number of aromatic nitrogens is 2. The van der Waals surface area contributed by atoms with E-state index in [-0.39, 0.29) is 0 Å². The van der Waals surface area contributed by atoms with Crippen molar-refractivity contribution in [2.75, 3.05) is 7.11 Å². The van der Waals surface area contributed by atoms with Gasteiger partial charge < -0.3 is 9.72 Å². The minimum Gasteiger partial charge on any atom is -0.495 e. The third-order valence-corrected chi connectivity index (χ3v) is 3.35. The van der Waals surface area contributed by atoms with Crippen molar-refractivity contribution in [1.82, 2.24) is 9.97 Å². The van der Waals surface area contributed by atoms with Gasteiger partial charge in [-0.1, -0.05) is 19.1 Å². The Kier molecular flexibility index (Phi) is 3.25. The lowest BCUT2D eigenvalue weighted by atomic mass is 10.2. The Labute approximate surface area is 107 Å². The van der Waals surface area contributed by atoms with Gasteiger partial charge in [0.05, 0.1) is 18.0 Å². The molecule has 2 rings (SSSR count). The summed E-state index contributed by atoms with van der Waals surface area (Å²) in [5.74, 6) is 1.65. The fourth-order valence-electron chi connectivity index (χ4n) is 1.58. The van der Waals surface area contributed by atoms with Crippen molar-refractivity contribution in [3.63, 3.8) is 0 Å². The molecule has 84 valence electrons. The molecule has 5 heteroatoms. The quantitative estimate of drug-likeness (QED) is 0.861. The summed E-state index contributed by atoms with van der Waals surface area (Å²) in [7, 11) is 1.64. The average Bonchev–Trinajstić information content (AvgIpc) is 2.28. The monoisotopic (exact) mass is 298 g/mol. The molecule has 0 aliphatic carbocycles. The molecule has 1 heterocycles. The molecular weight excluding hydrogens is 288 g/mol. The summed E-state index contributed by atoms with van der Waals surface area (Å²) in [4.78, 5) is 7.57. The minimum absolute atomic E-state index is 0.594. The van der Waals surface area contributed by atoms with Crippen LogP contribution in [0.2, 0.25) is 0 Å². The summed E-state index contributed by atoms with van der Waals surface area (Å²) >= 11 is 8.76. The molecule has 0 aliphatic heterocycles. The zero-order valence-electron chi connectivity index (χ0n) is 9.00. The maximum Gasteiger partial charge on any atom is 0.143 e. The van der Waals surface area contributed by atoms with Crippen molar-refractivity contribution < 1.29 is 4.74 Å². The Morgan fingerprint density at radius 2 is 2.25 bits per heavy atom. The number of hydrogen-bond donors (Lipinski definition) is 1. The van der Waals surface area contributed by atoms with Gasteiger partial charge in [-0.05, 0) is 28.1 Å². The number of aryl methyl sites for hydroxylation is 1. The zero-order chi connectivity index (χ0) is 11.7. The van der Waals surface area contributed by atoms with Gasteiger partial charge in [-0.2, -0.15) is 0 Å². The van der Waals surface area contributed by atoms with Crippen molar-refractivity contribution in [1.29, 1.82) is 0 Å². The first kappa shape index (κ1) is 11.5. The molecule has 0 bridgehead atoms. The standard InChI is InChI=1S/C11H11BrN2OS/c1-3-8-13-10-7(15-2)5-4-6(12)9(10)11(16)14-8/h4-5H,3H2,1-2H3,(H,13,14,16). The summed E-state index contributed by atoms with van der Waals surface area (Å²) in [6.07, 6.45) is 0.815. The van der Waals surface area contributed by atoms with Crippen molar-refractivity contribution in [2.24, 2.45) is 0 Å². The Morgan fingerprint density at radius 1 is 1.50 bits per heavy atom. The van der Waals surface area contributed by atoms with Crippen molar-refractivity contribution >= 4 is 39.1 Å². The molecule has 3 nitrogen and oxygen atoms in total. The van der Waals surface area contributed by atoms with Gasteiger partial charge in [0, 0.05) is 10.9 Å². The number of ether oxygens (including phenoxy) is 1. The Hall–Kier alpha value is -0.940. The van der Waals surface area contributed by atoms with E-state index in [4.69, 9.17) is 17.0 Å². The van der Waals surface area contributed by atoms with Crippen LogP contribution in [0.1, 0.15) is 12.7 Å². The normalized spacial score (nSPS) is 10.7. The Morgan fingerprint density at radius 3 is 2.88 bits per heavy atom. The molecule has 0 amide bonds. The van der Waals surface area contributed by atoms with Crippen LogP contribution in [0.3, 0.4) is 0 Å². The number of H-pyrrole nitrogens is 1. The Bertz CT molecular complexity index is 594. The molecule has 0 saturated carbocycles. The highest BCUT2D eigenvalue weighted by Crippen LogP contribution is 2.30. The largest absolute Gasteiger partial charge is 0.495 e. The molecule has 1 aromatic heterocycles. The maximum absolute atomic E-state index is 5.31. The van der Waals surface area contributed by atoms with Crippen LogP contribution in [-0.2, 0) is 6.42 Å². The minimum atomic E-state index is 0.594. The first-order chi connectivity index (χ1) is 7.67. The summed E-state index contributed by atoms with van der Waals surface area (Å²) in [6, 6.07) is 3.81. The lowest BCUT2D eigenvalue weighted by Crippen LogP contribution is -1.97. The van der Waals surface area contributed by atoms with E-state index in [1.807, 2.05) is 19.1 Å². The first-order valence-corrected chi connectivity index (χ1v) is 6.13. The van der Waals surface area contributed by atoms with Gasteiger partial charge in [0.1, 0.15) is 16.2 Å². The van der Waals surface area contributed by atoms with E-state index in [1.165, 1.54) is 0 Å². The third-order valence-electron chi connectivity index (χ3n) is 2.39. The molecule has 0 saturated heterocycles. The number of benzene rings is 1. The van der Waals surface area contributed by atoms with Crippen LogP contribution in [0, 0.1) is 4.64 Å². The second-order valence-electron chi connectivity index (χ2n) is 3.34. The van der Waals surface area contributed by atoms with Gasteiger partial charge in [-0.25, -0.2) is 4.98 Å².